The number of rotatable bonds is 4. The van der Waals surface area contributed by atoms with Gasteiger partial charge in [-0.3, -0.25) is 0 Å². The first kappa shape index (κ1) is 15.4. The van der Waals surface area contributed by atoms with E-state index in [1.165, 1.54) is 4.90 Å². The maximum absolute atomic E-state index is 12.7. The summed E-state index contributed by atoms with van der Waals surface area (Å²) in [7, 11) is 0. The van der Waals surface area contributed by atoms with Crippen molar-refractivity contribution >= 4 is 11.4 Å². The van der Waals surface area contributed by atoms with Crippen molar-refractivity contribution in [3.63, 3.8) is 0 Å². The molecule has 1 fully saturated rings. The number of ether oxygens (including phenoxy) is 1. The third-order valence-electron chi connectivity index (χ3n) is 4.25. The Morgan fingerprint density at radius 1 is 1.09 bits per heavy atom. The van der Waals surface area contributed by atoms with Crippen LogP contribution >= 0.6 is 0 Å². The Morgan fingerprint density at radius 3 is 2.18 bits per heavy atom. The molecule has 0 amide bonds. The molecular formula is C15H19F3N2O2. The molecule has 22 heavy (non-hydrogen) atoms. The van der Waals surface area contributed by atoms with Crippen LogP contribution in [0.3, 0.4) is 0 Å². The average Bonchev–Trinajstić information content (AvgIpc) is 2.43. The summed E-state index contributed by atoms with van der Waals surface area (Å²) in [5.41, 5.74) is 1.09. The molecule has 3 rings (SSSR count). The third-order valence-corrected chi connectivity index (χ3v) is 4.25. The van der Waals surface area contributed by atoms with Gasteiger partial charge in [0.15, 0.2) is 0 Å². The van der Waals surface area contributed by atoms with Gasteiger partial charge in [-0.25, -0.2) is 0 Å². The van der Waals surface area contributed by atoms with E-state index in [2.05, 4.69) is 4.90 Å². The molecule has 1 N–H and O–H groups in total. The molecule has 0 atom stereocenters. The number of alkyl halides is 3. The lowest BCUT2D eigenvalue weighted by Gasteiger charge is -2.47. The molecule has 2 heterocycles. The number of para-hydroxylation sites is 2. The SMILES string of the molecule is OCC1(CN2CCN(CC(F)(F)F)c3ccccc32)COC1. The van der Waals surface area contributed by atoms with E-state index < -0.39 is 12.7 Å². The van der Waals surface area contributed by atoms with Crippen LogP contribution in [0.5, 0.6) is 0 Å². The van der Waals surface area contributed by atoms with E-state index in [0.29, 0.717) is 38.5 Å². The van der Waals surface area contributed by atoms with Crippen LogP contribution < -0.4 is 9.80 Å². The Balaban J connectivity index is 1.81. The summed E-state index contributed by atoms with van der Waals surface area (Å²) in [4.78, 5) is 3.43. The highest BCUT2D eigenvalue weighted by molar-refractivity contribution is 5.73. The topological polar surface area (TPSA) is 35.9 Å². The quantitative estimate of drug-likeness (QED) is 0.920. The summed E-state index contributed by atoms with van der Waals surface area (Å²) in [5.74, 6) is 0. The van der Waals surface area contributed by atoms with E-state index in [1.54, 1.807) is 12.1 Å². The van der Waals surface area contributed by atoms with E-state index in [4.69, 9.17) is 4.74 Å². The van der Waals surface area contributed by atoms with Crippen molar-refractivity contribution < 1.29 is 23.0 Å². The zero-order chi connectivity index (χ0) is 15.8. The Labute approximate surface area is 127 Å². The van der Waals surface area contributed by atoms with Crippen molar-refractivity contribution in [2.45, 2.75) is 6.18 Å². The first-order valence-electron chi connectivity index (χ1n) is 7.27. The molecule has 0 saturated carbocycles. The van der Waals surface area contributed by atoms with Gasteiger partial charge >= 0.3 is 6.18 Å². The first-order chi connectivity index (χ1) is 10.4. The lowest BCUT2D eigenvalue weighted by Crippen LogP contribution is -2.56. The molecule has 2 aliphatic rings. The van der Waals surface area contributed by atoms with Crippen LogP contribution in [0.25, 0.3) is 0 Å². The molecule has 122 valence electrons. The Bertz CT molecular complexity index is 526. The van der Waals surface area contributed by atoms with E-state index in [0.717, 1.165) is 5.69 Å². The van der Waals surface area contributed by atoms with Crippen LogP contribution in [0.2, 0.25) is 0 Å². The van der Waals surface area contributed by atoms with Gasteiger partial charge in [-0.1, -0.05) is 12.1 Å². The van der Waals surface area contributed by atoms with Gasteiger partial charge in [-0.15, -0.1) is 0 Å². The highest BCUT2D eigenvalue weighted by Gasteiger charge is 2.41. The number of hydrogen-bond acceptors (Lipinski definition) is 4. The second-order valence-corrected chi connectivity index (χ2v) is 6.10. The van der Waals surface area contributed by atoms with Crippen LogP contribution in [0, 0.1) is 5.41 Å². The number of aliphatic hydroxyl groups excluding tert-OH is 1. The van der Waals surface area contributed by atoms with Crippen LogP contribution in [-0.2, 0) is 4.74 Å². The van der Waals surface area contributed by atoms with Crippen molar-refractivity contribution in [1.29, 1.82) is 0 Å². The monoisotopic (exact) mass is 316 g/mol. The van der Waals surface area contributed by atoms with Crippen LogP contribution in [-0.4, -0.2) is 57.3 Å². The molecule has 0 unspecified atom stereocenters. The van der Waals surface area contributed by atoms with Gasteiger partial charge in [0.1, 0.15) is 6.54 Å². The summed E-state index contributed by atoms with van der Waals surface area (Å²) in [6.45, 7) is 1.50. The highest BCUT2D eigenvalue weighted by atomic mass is 19.4. The van der Waals surface area contributed by atoms with Crippen molar-refractivity contribution in [2.24, 2.45) is 5.41 Å². The lowest BCUT2D eigenvalue weighted by molar-refractivity contribution is -0.131. The van der Waals surface area contributed by atoms with Gasteiger partial charge in [0, 0.05) is 19.6 Å². The van der Waals surface area contributed by atoms with Crippen LogP contribution in [0.1, 0.15) is 0 Å². The number of fused-ring (bicyclic) bond motifs is 1. The normalized spacial score (nSPS) is 20.5. The predicted octanol–water partition coefficient (Wildman–Crippen LogP) is 1.88. The zero-order valence-electron chi connectivity index (χ0n) is 12.1. The minimum atomic E-state index is -4.22. The number of aliphatic hydroxyl groups is 1. The molecule has 2 aliphatic heterocycles. The lowest BCUT2D eigenvalue weighted by atomic mass is 9.86. The second kappa shape index (κ2) is 5.62. The van der Waals surface area contributed by atoms with Gasteiger partial charge in [0.25, 0.3) is 0 Å². The minimum Gasteiger partial charge on any atom is -0.396 e. The number of hydrogen-bond donors (Lipinski definition) is 1. The summed E-state index contributed by atoms with van der Waals surface area (Å²) in [5, 5.41) is 9.55. The van der Waals surface area contributed by atoms with Gasteiger partial charge in [-0.2, -0.15) is 13.2 Å². The summed E-state index contributed by atoms with van der Waals surface area (Å²) >= 11 is 0. The molecule has 0 aliphatic carbocycles. The summed E-state index contributed by atoms with van der Waals surface area (Å²) < 4.78 is 43.3. The van der Waals surface area contributed by atoms with E-state index in [9.17, 15) is 18.3 Å². The molecule has 0 spiro atoms. The molecule has 1 aromatic rings. The van der Waals surface area contributed by atoms with Crippen LogP contribution in [0.15, 0.2) is 24.3 Å². The van der Waals surface area contributed by atoms with Crippen molar-refractivity contribution in [1.82, 2.24) is 0 Å². The second-order valence-electron chi connectivity index (χ2n) is 6.10. The smallest absolute Gasteiger partial charge is 0.396 e. The predicted molar refractivity (Wildman–Crippen MR) is 77.3 cm³/mol. The van der Waals surface area contributed by atoms with Crippen molar-refractivity contribution in [3.8, 4) is 0 Å². The first-order valence-corrected chi connectivity index (χ1v) is 7.27. The number of halogens is 3. The molecule has 4 nitrogen and oxygen atoms in total. The molecule has 7 heteroatoms. The molecule has 1 saturated heterocycles. The molecule has 1 aromatic carbocycles. The Kier molecular flexibility index (Phi) is 3.94. The van der Waals surface area contributed by atoms with Crippen molar-refractivity contribution in [2.75, 3.05) is 55.8 Å². The average molecular weight is 316 g/mol. The number of nitrogens with zero attached hydrogens (tertiary/aromatic N) is 2. The fourth-order valence-electron chi connectivity index (χ4n) is 3.05. The third kappa shape index (κ3) is 3.01. The summed E-state index contributed by atoms with van der Waals surface area (Å²) in [6.07, 6.45) is -4.22. The van der Waals surface area contributed by atoms with E-state index in [1.807, 2.05) is 12.1 Å². The van der Waals surface area contributed by atoms with Gasteiger partial charge in [-0.05, 0) is 12.1 Å². The van der Waals surface area contributed by atoms with Crippen LogP contribution in [0.4, 0.5) is 24.5 Å². The zero-order valence-corrected chi connectivity index (χ0v) is 12.1. The largest absolute Gasteiger partial charge is 0.405 e. The number of benzene rings is 1. The summed E-state index contributed by atoms with van der Waals surface area (Å²) in [6, 6.07) is 7.13. The molecular weight excluding hydrogens is 297 g/mol. The maximum Gasteiger partial charge on any atom is 0.405 e. The maximum atomic E-state index is 12.7. The fraction of sp³-hybridized carbons (Fsp3) is 0.600. The minimum absolute atomic E-state index is 0.0257. The van der Waals surface area contributed by atoms with E-state index >= 15 is 0 Å². The van der Waals surface area contributed by atoms with Crippen molar-refractivity contribution in [3.05, 3.63) is 24.3 Å². The molecule has 0 radical (unpaired) electrons. The standard InChI is InChI=1S/C15H19F3N2O2/c16-15(17,18)8-20-6-5-19(7-14(9-21)10-22-11-14)12-3-1-2-4-13(12)20/h1-4,21H,5-11H2. The highest BCUT2D eigenvalue weighted by Crippen LogP contribution is 2.37. The van der Waals surface area contributed by atoms with Gasteiger partial charge in [0.05, 0.1) is 36.6 Å². The number of anilines is 2. The van der Waals surface area contributed by atoms with Gasteiger partial charge in [0.2, 0.25) is 0 Å². The fourth-order valence-corrected chi connectivity index (χ4v) is 3.05. The van der Waals surface area contributed by atoms with Gasteiger partial charge < -0.3 is 19.6 Å². The molecule has 0 bridgehead atoms. The Morgan fingerprint density at radius 2 is 1.68 bits per heavy atom. The van der Waals surface area contributed by atoms with E-state index in [-0.39, 0.29) is 12.0 Å². The molecule has 0 aromatic heterocycles. The Hall–Kier alpha value is -1.47.